The fourth-order valence-electron chi connectivity index (χ4n) is 5.66. The molecule has 2 aliphatic rings. The maximum absolute atomic E-state index is 13.9. The Bertz CT molecular complexity index is 1200. The Morgan fingerprint density at radius 2 is 1.78 bits per heavy atom. The van der Waals surface area contributed by atoms with Crippen LogP contribution < -0.4 is 5.32 Å². The molecule has 1 fully saturated rings. The molecule has 3 heterocycles. The highest BCUT2D eigenvalue weighted by Gasteiger charge is 2.36. The Kier molecular flexibility index (Phi) is 7.36. The number of fused-ring (bicyclic) bond motifs is 1. The van der Waals surface area contributed by atoms with Crippen molar-refractivity contribution < 1.29 is 9.59 Å². The highest BCUT2D eigenvalue weighted by molar-refractivity contribution is 7.17. The summed E-state index contributed by atoms with van der Waals surface area (Å²) >= 11 is 3.06. The quantitative estimate of drug-likeness (QED) is 0.383. The van der Waals surface area contributed by atoms with Gasteiger partial charge in [0.2, 0.25) is 0 Å². The highest BCUT2D eigenvalue weighted by Crippen LogP contribution is 2.45. The summed E-state index contributed by atoms with van der Waals surface area (Å²) in [5.41, 5.74) is 3.54. The Balaban J connectivity index is 1.36. The number of nitrogens with zero attached hydrogens (tertiary/aromatic N) is 1. The summed E-state index contributed by atoms with van der Waals surface area (Å²) in [4.78, 5) is 30.9. The van der Waals surface area contributed by atoms with Crippen LogP contribution in [0, 0.1) is 17.3 Å². The number of carbonyl (C=O) groups excluding carboxylic acids is 2. The lowest BCUT2D eigenvalue weighted by Gasteiger charge is -2.35. The fourth-order valence-corrected chi connectivity index (χ4v) is 7.59. The molecule has 36 heavy (non-hydrogen) atoms. The molecule has 5 rings (SSSR count). The zero-order chi connectivity index (χ0) is 25.3. The maximum atomic E-state index is 13.9. The topological polar surface area (TPSA) is 49.4 Å². The van der Waals surface area contributed by atoms with E-state index in [0.717, 1.165) is 62.2 Å². The predicted octanol–water partition coefficient (Wildman–Crippen LogP) is 7.31. The van der Waals surface area contributed by atoms with Crippen molar-refractivity contribution in [1.82, 2.24) is 4.90 Å². The van der Waals surface area contributed by atoms with Crippen LogP contribution >= 0.6 is 22.7 Å². The molecule has 0 bridgehead atoms. The third-order valence-electron chi connectivity index (χ3n) is 7.94. The van der Waals surface area contributed by atoms with Gasteiger partial charge in [0.1, 0.15) is 5.00 Å². The van der Waals surface area contributed by atoms with Crippen molar-refractivity contribution in [2.45, 2.75) is 59.3 Å². The number of hydrogen-bond acceptors (Lipinski definition) is 4. The number of piperidine rings is 1. The van der Waals surface area contributed by atoms with Crippen LogP contribution in [0.3, 0.4) is 0 Å². The van der Waals surface area contributed by atoms with Gasteiger partial charge in [-0.3, -0.25) is 9.59 Å². The van der Waals surface area contributed by atoms with Gasteiger partial charge in [0, 0.05) is 18.0 Å². The number of thiophene rings is 2. The Labute approximate surface area is 222 Å². The summed E-state index contributed by atoms with van der Waals surface area (Å²) in [5.74, 6) is 1.17. The number of amides is 2. The highest BCUT2D eigenvalue weighted by atomic mass is 32.1. The van der Waals surface area contributed by atoms with E-state index in [1.165, 1.54) is 27.3 Å². The summed E-state index contributed by atoms with van der Waals surface area (Å²) in [6.07, 6.45) is 6.11. The molecule has 1 aliphatic carbocycles. The lowest BCUT2D eigenvalue weighted by atomic mass is 9.72. The van der Waals surface area contributed by atoms with Crippen LogP contribution in [0.2, 0.25) is 0 Å². The maximum Gasteiger partial charge on any atom is 0.266 e. The van der Waals surface area contributed by atoms with Gasteiger partial charge in [0.25, 0.3) is 11.8 Å². The molecule has 0 saturated carbocycles. The zero-order valence-electron chi connectivity index (χ0n) is 21.5. The van der Waals surface area contributed by atoms with E-state index in [0.29, 0.717) is 16.7 Å². The lowest BCUT2D eigenvalue weighted by molar-refractivity contribution is 0.0690. The van der Waals surface area contributed by atoms with Crippen molar-refractivity contribution in [1.29, 1.82) is 0 Å². The van der Waals surface area contributed by atoms with Crippen molar-refractivity contribution in [3.63, 3.8) is 0 Å². The molecule has 0 spiro atoms. The summed E-state index contributed by atoms with van der Waals surface area (Å²) in [6, 6.07) is 14.4. The van der Waals surface area contributed by atoms with Crippen molar-refractivity contribution >= 4 is 39.5 Å². The van der Waals surface area contributed by atoms with Crippen LogP contribution in [0.5, 0.6) is 0 Å². The second-order valence-electron chi connectivity index (χ2n) is 11.4. The van der Waals surface area contributed by atoms with Gasteiger partial charge in [-0.05, 0) is 78.3 Å². The SMILES string of the molecule is CC(C)(C)C1CCc2c(sc(NC(=O)c3cccs3)c2C(=O)N2CCC(Cc3ccccc3)CC2)C1. The third kappa shape index (κ3) is 5.45. The molecule has 1 N–H and O–H groups in total. The molecular formula is C30H36N2O2S2. The summed E-state index contributed by atoms with van der Waals surface area (Å²) in [7, 11) is 0. The molecular weight excluding hydrogens is 484 g/mol. The van der Waals surface area contributed by atoms with E-state index in [1.807, 2.05) is 22.4 Å². The smallest absolute Gasteiger partial charge is 0.266 e. The normalized spacial score (nSPS) is 18.6. The minimum absolute atomic E-state index is 0.0985. The molecule has 1 saturated heterocycles. The number of nitrogens with one attached hydrogen (secondary N) is 1. The largest absolute Gasteiger partial charge is 0.339 e. The van der Waals surface area contributed by atoms with Crippen molar-refractivity contribution in [2.75, 3.05) is 18.4 Å². The van der Waals surface area contributed by atoms with E-state index in [1.54, 1.807) is 11.3 Å². The van der Waals surface area contributed by atoms with E-state index in [4.69, 9.17) is 0 Å². The second-order valence-corrected chi connectivity index (χ2v) is 13.4. The van der Waals surface area contributed by atoms with E-state index in [9.17, 15) is 9.59 Å². The molecule has 1 atom stereocenters. The van der Waals surface area contributed by atoms with Crippen LogP contribution in [-0.2, 0) is 19.3 Å². The van der Waals surface area contributed by atoms with Gasteiger partial charge >= 0.3 is 0 Å². The molecule has 4 nitrogen and oxygen atoms in total. The van der Waals surface area contributed by atoms with Gasteiger partial charge in [-0.2, -0.15) is 0 Å². The Morgan fingerprint density at radius 3 is 2.44 bits per heavy atom. The minimum atomic E-state index is -0.119. The van der Waals surface area contributed by atoms with Crippen molar-refractivity contribution in [3.05, 3.63) is 74.3 Å². The Hall–Kier alpha value is -2.44. The van der Waals surface area contributed by atoms with Crippen LogP contribution in [0.1, 0.15) is 76.1 Å². The Morgan fingerprint density at radius 1 is 1.03 bits per heavy atom. The first-order chi connectivity index (χ1) is 17.3. The summed E-state index contributed by atoms with van der Waals surface area (Å²) in [5, 5.41) is 5.78. The first-order valence-corrected chi connectivity index (χ1v) is 14.8. The van der Waals surface area contributed by atoms with E-state index < -0.39 is 0 Å². The third-order valence-corrected chi connectivity index (χ3v) is 9.98. The number of benzene rings is 1. The molecule has 6 heteroatoms. The monoisotopic (exact) mass is 520 g/mol. The number of rotatable bonds is 5. The molecule has 3 aromatic rings. The van der Waals surface area contributed by atoms with Gasteiger partial charge < -0.3 is 10.2 Å². The van der Waals surface area contributed by atoms with Crippen LogP contribution in [0.4, 0.5) is 5.00 Å². The summed E-state index contributed by atoms with van der Waals surface area (Å²) < 4.78 is 0. The van der Waals surface area contributed by atoms with Crippen LogP contribution in [0.25, 0.3) is 0 Å². The number of anilines is 1. The zero-order valence-corrected chi connectivity index (χ0v) is 23.1. The summed E-state index contributed by atoms with van der Waals surface area (Å²) in [6.45, 7) is 8.48. The average molecular weight is 521 g/mol. The van der Waals surface area contributed by atoms with Crippen molar-refractivity contribution in [3.8, 4) is 0 Å². The van der Waals surface area contributed by atoms with Crippen molar-refractivity contribution in [2.24, 2.45) is 17.3 Å². The predicted molar refractivity (Wildman–Crippen MR) is 150 cm³/mol. The van der Waals surface area contributed by atoms with E-state index in [2.05, 4.69) is 56.4 Å². The average Bonchev–Trinajstić information content (AvgIpc) is 3.52. The fraction of sp³-hybridized carbons (Fsp3) is 0.467. The molecule has 2 aromatic heterocycles. The van der Waals surface area contributed by atoms with Gasteiger partial charge in [0.05, 0.1) is 10.4 Å². The molecule has 1 aromatic carbocycles. The standard InChI is InChI=1S/C30H36N2O2S2/c1-30(2,3)22-11-12-23-25(19-22)36-28(31-27(33)24-10-7-17-35-24)26(23)29(34)32-15-13-21(14-16-32)18-20-8-5-4-6-9-20/h4-10,17,21-22H,11-16,18-19H2,1-3H3,(H,31,33). The minimum Gasteiger partial charge on any atom is -0.339 e. The lowest BCUT2D eigenvalue weighted by Crippen LogP contribution is -2.39. The van der Waals surface area contributed by atoms with Gasteiger partial charge in [-0.15, -0.1) is 22.7 Å². The second kappa shape index (κ2) is 10.5. The molecule has 190 valence electrons. The van der Waals surface area contributed by atoms with Gasteiger partial charge in [0.15, 0.2) is 0 Å². The molecule has 0 radical (unpaired) electrons. The molecule has 2 amide bonds. The first kappa shape index (κ1) is 25.2. The van der Waals surface area contributed by atoms with E-state index in [-0.39, 0.29) is 17.2 Å². The van der Waals surface area contributed by atoms with Gasteiger partial charge in [-0.25, -0.2) is 0 Å². The number of hydrogen-bond donors (Lipinski definition) is 1. The first-order valence-electron chi connectivity index (χ1n) is 13.1. The number of likely N-dealkylation sites (tertiary alicyclic amines) is 1. The molecule has 1 unspecified atom stereocenters. The van der Waals surface area contributed by atoms with Crippen LogP contribution in [-0.4, -0.2) is 29.8 Å². The number of carbonyl (C=O) groups is 2. The van der Waals surface area contributed by atoms with Gasteiger partial charge in [-0.1, -0.05) is 57.2 Å². The van der Waals surface area contributed by atoms with E-state index >= 15 is 0 Å². The van der Waals surface area contributed by atoms with Crippen LogP contribution in [0.15, 0.2) is 47.8 Å². The molecule has 1 aliphatic heterocycles.